The summed E-state index contributed by atoms with van der Waals surface area (Å²) in [4.78, 5) is 19.0. The van der Waals surface area contributed by atoms with Crippen LogP contribution in [0.4, 0.5) is 8.78 Å². The fourth-order valence-electron chi connectivity index (χ4n) is 5.13. The summed E-state index contributed by atoms with van der Waals surface area (Å²) in [6.45, 7) is 10.8. The Morgan fingerprint density at radius 2 is 1.18 bits per heavy atom. The maximum absolute atomic E-state index is 14.3. The normalized spacial score (nSPS) is 24.0. The Bertz CT molecular complexity index is 861. The van der Waals surface area contributed by atoms with Crippen molar-refractivity contribution in [3.05, 3.63) is 71.3 Å². The fourth-order valence-corrected chi connectivity index (χ4v) is 5.13. The number of nitrogens with one attached hydrogen (secondary N) is 2. The van der Waals surface area contributed by atoms with Crippen molar-refractivity contribution >= 4 is 5.78 Å². The Kier molecular flexibility index (Phi) is 8.42. The smallest absolute Gasteiger partial charge is 0.150 e. The van der Waals surface area contributed by atoms with E-state index in [2.05, 4.69) is 34.3 Å². The number of carbonyl (C=O) groups excluding carboxylic acids is 1. The quantitative estimate of drug-likeness (QED) is 0.621. The topological polar surface area (TPSA) is 47.6 Å². The number of halogens is 2. The van der Waals surface area contributed by atoms with E-state index in [1.807, 2.05) is 0 Å². The summed E-state index contributed by atoms with van der Waals surface area (Å²) in [7, 11) is 0. The van der Waals surface area contributed by atoms with Crippen molar-refractivity contribution < 1.29 is 13.6 Å². The highest BCUT2D eigenvalue weighted by Crippen LogP contribution is 2.30. The molecule has 2 N–H and O–H groups in total. The molecular weight excluding hydrogens is 434 g/mol. The first-order valence-electron chi connectivity index (χ1n) is 12.4. The Hall–Kier alpha value is -2.19. The second kappa shape index (κ2) is 11.5. The molecule has 5 nitrogen and oxygen atoms in total. The third kappa shape index (κ3) is 6.08. The first kappa shape index (κ1) is 24.9. The lowest BCUT2D eigenvalue weighted by Gasteiger charge is -2.39. The number of carbonyl (C=O) groups is 1. The van der Waals surface area contributed by atoms with Crippen LogP contribution in [0.15, 0.2) is 48.5 Å². The van der Waals surface area contributed by atoms with E-state index in [4.69, 9.17) is 0 Å². The predicted octanol–water partition coefficient (Wildman–Crippen LogP) is 2.99. The van der Waals surface area contributed by atoms with Crippen LogP contribution in [-0.2, 0) is 4.79 Å². The van der Waals surface area contributed by atoms with E-state index in [0.29, 0.717) is 25.2 Å². The van der Waals surface area contributed by atoms with E-state index in [1.54, 1.807) is 24.3 Å². The molecule has 0 spiro atoms. The Morgan fingerprint density at radius 1 is 0.794 bits per heavy atom. The molecule has 0 radical (unpaired) electrons. The summed E-state index contributed by atoms with van der Waals surface area (Å²) in [5.74, 6) is -1.30. The Morgan fingerprint density at radius 3 is 1.53 bits per heavy atom. The second-order valence-electron chi connectivity index (χ2n) is 9.71. The molecule has 2 fully saturated rings. The zero-order valence-electron chi connectivity index (χ0n) is 20.1. The second-order valence-corrected chi connectivity index (χ2v) is 9.71. The molecule has 2 aliphatic rings. The van der Waals surface area contributed by atoms with Gasteiger partial charge in [-0.05, 0) is 49.2 Å². The van der Waals surface area contributed by atoms with Gasteiger partial charge in [0.25, 0.3) is 0 Å². The van der Waals surface area contributed by atoms with Crippen LogP contribution in [0.25, 0.3) is 0 Å². The number of piperazine rings is 2. The minimum absolute atomic E-state index is 0.106. The van der Waals surface area contributed by atoms with E-state index in [-0.39, 0.29) is 17.4 Å². The van der Waals surface area contributed by atoms with E-state index < -0.39 is 11.8 Å². The van der Waals surface area contributed by atoms with Gasteiger partial charge >= 0.3 is 0 Å². The predicted molar refractivity (Wildman–Crippen MR) is 131 cm³/mol. The maximum atomic E-state index is 14.3. The molecule has 34 heavy (non-hydrogen) atoms. The number of rotatable bonds is 8. The van der Waals surface area contributed by atoms with E-state index in [9.17, 15) is 13.6 Å². The molecule has 184 valence electrons. The number of nitrogens with zero attached hydrogens (tertiary/aromatic N) is 2. The van der Waals surface area contributed by atoms with Gasteiger partial charge in [0.15, 0.2) is 0 Å². The minimum Gasteiger partial charge on any atom is -0.314 e. The standard InChI is InChI=1S/C27H36F2N4O/c1-19-15-30-11-13-32(19)17-25(21-3-7-23(28)8-4-21)27(34)26(22-5-9-24(29)10-6-22)18-33-14-12-31-16-20(33)2/h3-10,19-20,25-26,30-31H,11-18H2,1-2H3. The molecule has 2 saturated heterocycles. The molecule has 7 heteroatoms. The SMILES string of the molecule is CC1CNCCN1CC(C(=O)C(CN1CCNCC1C)c1ccc(F)cc1)c1ccc(F)cc1. The molecule has 2 aromatic rings. The summed E-state index contributed by atoms with van der Waals surface area (Å²) < 4.78 is 27.5. The van der Waals surface area contributed by atoms with Crippen LogP contribution < -0.4 is 10.6 Å². The van der Waals surface area contributed by atoms with Crippen LogP contribution in [0.5, 0.6) is 0 Å². The first-order valence-corrected chi connectivity index (χ1v) is 12.4. The third-order valence-electron chi connectivity index (χ3n) is 7.34. The van der Waals surface area contributed by atoms with E-state index in [0.717, 1.165) is 50.4 Å². The molecule has 0 bridgehead atoms. The largest absolute Gasteiger partial charge is 0.314 e. The van der Waals surface area contributed by atoms with Gasteiger partial charge in [-0.2, -0.15) is 0 Å². The lowest BCUT2D eigenvalue weighted by atomic mass is 9.82. The Labute approximate surface area is 201 Å². The number of benzene rings is 2. The lowest BCUT2D eigenvalue weighted by Crippen LogP contribution is -2.53. The van der Waals surface area contributed by atoms with Crippen LogP contribution >= 0.6 is 0 Å². The first-order chi connectivity index (χ1) is 16.4. The van der Waals surface area contributed by atoms with Crippen molar-refractivity contribution in [3.8, 4) is 0 Å². The number of Topliss-reactive ketones (excluding diaryl/α,β-unsaturated/α-hetero) is 1. The van der Waals surface area contributed by atoms with Crippen LogP contribution in [0.2, 0.25) is 0 Å². The molecule has 2 heterocycles. The van der Waals surface area contributed by atoms with Gasteiger partial charge in [0.05, 0.1) is 11.8 Å². The average Bonchev–Trinajstić information content (AvgIpc) is 2.84. The zero-order chi connectivity index (χ0) is 24.1. The highest BCUT2D eigenvalue weighted by molar-refractivity contribution is 5.92. The highest BCUT2D eigenvalue weighted by atomic mass is 19.1. The van der Waals surface area contributed by atoms with Gasteiger partial charge in [0, 0.05) is 64.4 Å². The van der Waals surface area contributed by atoms with Crippen molar-refractivity contribution in [1.29, 1.82) is 0 Å². The molecule has 0 aliphatic carbocycles. The molecule has 2 aliphatic heterocycles. The van der Waals surface area contributed by atoms with Crippen LogP contribution in [0.3, 0.4) is 0 Å². The summed E-state index contributed by atoms with van der Waals surface area (Å²) in [6.07, 6.45) is 0. The van der Waals surface area contributed by atoms with Crippen LogP contribution in [-0.4, -0.2) is 80.0 Å². The van der Waals surface area contributed by atoms with E-state index >= 15 is 0 Å². The van der Waals surface area contributed by atoms with Gasteiger partial charge in [-0.1, -0.05) is 24.3 Å². The van der Waals surface area contributed by atoms with Gasteiger partial charge in [-0.3, -0.25) is 14.6 Å². The molecule has 0 amide bonds. The molecule has 4 atom stereocenters. The van der Waals surface area contributed by atoms with Gasteiger partial charge < -0.3 is 10.6 Å². The minimum atomic E-state index is -0.394. The van der Waals surface area contributed by atoms with Crippen molar-refractivity contribution in [3.63, 3.8) is 0 Å². The monoisotopic (exact) mass is 470 g/mol. The number of hydrogen-bond donors (Lipinski definition) is 2. The molecule has 2 aromatic carbocycles. The summed E-state index contributed by atoms with van der Waals surface area (Å²) in [6, 6.07) is 13.3. The van der Waals surface area contributed by atoms with Crippen molar-refractivity contribution in [2.45, 2.75) is 37.8 Å². The number of ketones is 1. The summed E-state index contributed by atoms with van der Waals surface area (Å²) in [5, 5.41) is 6.81. The fraction of sp³-hybridized carbons (Fsp3) is 0.519. The molecule has 4 rings (SSSR count). The van der Waals surface area contributed by atoms with Gasteiger partial charge in [0.1, 0.15) is 17.4 Å². The van der Waals surface area contributed by atoms with Crippen molar-refractivity contribution in [2.24, 2.45) is 0 Å². The van der Waals surface area contributed by atoms with Crippen LogP contribution in [0.1, 0.15) is 36.8 Å². The zero-order valence-corrected chi connectivity index (χ0v) is 20.1. The Balaban J connectivity index is 1.67. The molecule has 0 aromatic heterocycles. The highest BCUT2D eigenvalue weighted by Gasteiger charge is 2.34. The van der Waals surface area contributed by atoms with Crippen molar-refractivity contribution in [2.75, 3.05) is 52.4 Å². The van der Waals surface area contributed by atoms with Crippen molar-refractivity contribution in [1.82, 2.24) is 20.4 Å². The van der Waals surface area contributed by atoms with E-state index in [1.165, 1.54) is 24.3 Å². The average molecular weight is 471 g/mol. The molecular formula is C27H36F2N4O. The maximum Gasteiger partial charge on any atom is 0.150 e. The summed E-state index contributed by atoms with van der Waals surface area (Å²) in [5.41, 5.74) is 1.66. The van der Waals surface area contributed by atoms with Gasteiger partial charge in [-0.15, -0.1) is 0 Å². The molecule has 0 saturated carbocycles. The third-order valence-corrected chi connectivity index (χ3v) is 7.34. The van der Waals surface area contributed by atoms with Gasteiger partial charge in [0.2, 0.25) is 0 Å². The number of hydrogen-bond acceptors (Lipinski definition) is 5. The summed E-state index contributed by atoms with van der Waals surface area (Å²) >= 11 is 0. The van der Waals surface area contributed by atoms with Crippen LogP contribution in [0, 0.1) is 11.6 Å². The molecule has 4 unspecified atom stereocenters. The lowest BCUT2D eigenvalue weighted by molar-refractivity contribution is -0.123. The van der Waals surface area contributed by atoms with Gasteiger partial charge in [-0.25, -0.2) is 8.78 Å².